The molecule has 0 amide bonds. The van der Waals surface area contributed by atoms with E-state index in [1.54, 1.807) is 13.3 Å². The van der Waals surface area contributed by atoms with Gasteiger partial charge in [-0.3, -0.25) is 0 Å². The molecular weight excluding hydrogens is 453 g/mol. The minimum absolute atomic E-state index is 0.128. The SMILES string of the molecule is C#CCOc1cc2c(N3CCN([C](=[V])Nc4ccccc4)CC3)c(C#N)cnc2cc1OC. The molecule has 8 heteroatoms. The Labute approximate surface area is 202 Å². The fourth-order valence-electron chi connectivity index (χ4n) is 3.87. The van der Waals surface area contributed by atoms with Crippen LogP contribution in [0.3, 0.4) is 0 Å². The Morgan fingerprint density at radius 1 is 1.18 bits per heavy atom. The summed E-state index contributed by atoms with van der Waals surface area (Å²) in [6.07, 6.45) is 6.99. The molecule has 7 nitrogen and oxygen atoms in total. The van der Waals surface area contributed by atoms with Gasteiger partial charge in [0.15, 0.2) is 0 Å². The van der Waals surface area contributed by atoms with Gasteiger partial charge in [-0.1, -0.05) is 0 Å². The molecule has 33 heavy (non-hydrogen) atoms. The Balaban J connectivity index is 1.59. The second kappa shape index (κ2) is 10.4. The summed E-state index contributed by atoms with van der Waals surface area (Å²) in [5, 5.41) is 14.1. The first-order valence-electron chi connectivity index (χ1n) is 10.5. The van der Waals surface area contributed by atoms with Gasteiger partial charge in [-0.15, -0.1) is 6.42 Å². The van der Waals surface area contributed by atoms with Crippen LogP contribution in [0.2, 0.25) is 0 Å². The monoisotopic (exact) mass is 476 g/mol. The number of nitriles is 1. The number of benzene rings is 2. The van der Waals surface area contributed by atoms with Crippen LogP contribution < -0.4 is 19.7 Å². The van der Waals surface area contributed by atoms with E-state index in [4.69, 9.17) is 15.9 Å². The van der Waals surface area contributed by atoms with Crippen molar-refractivity contribution in [2.24, 2.45) is 0 Å². The van der Waals surface area contributed by atoms with Gasteiger partial charge >= 0.3 is 196 Å². The number of para-hydroxylation sites is 1. The number of terminal acetylenes is 1. The predicted molar refractivity (Wildman–Crippen MR) is 126 cm³/mol. The third kappa shape index (κ3) is 4.97. The van der Waals surface area contributed by atoms with Crippen LogP contribution in [0.5, 0.6) is 11.5 Å². The molecule has 0 spiro atoms. The molecule has 0 bridgehead atoms. The summed E-state index contributed by atoms with van der Waals surface area (Å²) in [5.74, 6) is 3.57. The van der Waals surface area contributed by atoms with E-state index in [-0.39, 0.29) is 6.61 Å². The number of pyridine rings is 1. The van der Waals surface area contributed by atoms with Crippen LogP contribution in [-0.2, 0) is 17.0 Å². The first-order chi connectivity index (χ1) is 16.1. The Morgan fingerprint density at radius 2 is 1.94 bits per heavy atom. The van der Waals surface area contributed by atoms with Gasteiger partial charge in [0, 0.05) is 0 Å². The van der Waals surface area contributed by atoms with Gasteiger partial charge in [-0.2, -0.15) is 0 Å². The van der Waals surface area contributed by atoms with Crippen molar-refractivity contribution < 1.29 is 26.5 Å². The number of piperazine rings is 1. The fraction of sp³-hybridized carbons (Fsp3) is 0.240. The summed E-state index contributed by atoms with van der Waals surface area (Å²) in [4.78, 5) is 9.01. The molecule has 1 N–H and O–H groups in total. The molecule has 0 saturated carbocycles. The number of hydrogen-bond acceptors (Lipinski definition) is 7. The summed E-state index contributed by atoms with van der Waals surface area (Å²) in [6, 6.07) is 16.1. The average molecular weight is 476 g/mol. The number of aromatic nitrogens is 1. The normalized spacial score (nSPS) is 13.7. The van der Waals surface area contributed by atoms with Gasteiger partial charge in [0.25, 0.3) is 0 Å². The molecule has 1 saturated heterocycles. The summed E-state index contributed by atoms with van der Waals surface area (Å²) in [5.41, 5.74) is 3.18. The van der Waals surface area contributed by atoms with E-state index in [9.17, 15) is 5.26 Å². The van der Waals surface area contributed by atoms with E-state index < -0.39 is 0 Å². The Kier molecular flexibility index (Phi) is 7.17. The molecule has 2 heterocycles. The van der Waals surface area contributed by atoms with Crippen LogP contribution in [-0.4, -0.2) is 54.3 Å². The van der Waals surface area contributed by atoms with Crippen molar-refractivity contribution in [1.29, 1.82) is 5.26 Å². The van der Waals surface area contributed by atoms with Gasteiger partial charge in [0.1, 0.15) is 0 Å². The summed E-state index contributed by atoms with van der Waals surface area (Å²) in [6.45, 7) is 3.28. The van der Waals surface area contributed by atoms with Gasteiger partial charge in [0.05, 0.1) is 0 Å². The zero-order chi connectivity index (χ0) is 23.2. The van der Waals surface area contributed by atoms with Gasteiger partial charge in [-0.05, 0) is 0 Å². The quantitative estimate of drug-likeness (QED) is 0.526. The average Bonchev–Trinajstić information content (AvgIpc) is 2.86. The second-order valence-electron chi connectivity index (χ2n) is 7.43. The minimum atomic E-state index is 0.128. The number of methoxy groups -OCH3 is 1. The molecule has 3 aromatic rings. The third-order valence-electron chi connectivity index (χ3n) is 5.48. The Hall–Kier alpha value is -3.49. The molecule has 1 fully saturated rings. The maximum atomic E-state index is 9.80. The van der Waals surface area contributed by atoms with Crippen molar-refractivity contribution in [3.05, 3.63) is 54.2 Å². The number of nitrogens with zero attached hydrogens (tertiary/aromatic N) is 4. The summed E-state index contributed by atoms with van der Waals surface area (Å²) < 4.78 is 12.2. The van der Waals surface area contributed by atoms with Crippen molar-refractivity contribution in [2.45, 2.75) is 0 Å². The fourth-order valence-corrected chi connectivity index (χ4v) is 4.39. The van der Waals surface area contributed by atoms with Crippen molar-refractivity contribution in [3.8, 4) is 29.9 Å². The molecule has 1 aliphatic heterocycles. The van der Waals surface area contributed by atoms with Gasteiger partial charge in [0.2, 0.25) is 0 Å². The maximum absolute atomic E-state index is 9.80. The number of fused-ring (bicyclic) bond motifs is 1. The number of ether oxygens (including phenoxy) is 2. The van der Waals surface area contributed by atoms with E-state index in [0.29, 0.717) is 17.1 Å². The van der Waals surface area contributed by atoms with Crippen molar-refractivity contribution >= 4 is 26.8 Å². The van der Waals surface area contributed by atoms with E-state index in [1.807, 2.05) is 42.5 Å². The van der Waals surface area contributed by atoms with Crippen LogP contribution in [0.15, 0.2) is 48.7 Å². The predicted octanol–water partition coefficient (Wildman–Crippen LogP) is 3.00. The van der Waals surface area contributed by atoms with Crippen molar-refractivity contribution in [3.63, 3.8) is 0 Å². The van der Waals surface area contributed by atoms with E-state index in [1.165, 1.54) is 0 Å². The zero-order valence-corrected chi connectivity index (χ0v) is 19.7. The van der Waals surface area contributed by atoms with Crippen LogP contribution in [0.1, 0.15) is 5.56 Å². The third-order valence-corrected chi connectivity index (χ3v) is 6.10. The number of nitrogens with one attached hydrogen (secondary N) is 1. The molecule has 1 aliphatic rings. The molecule has 0 unspecified atom stereocenters. The van der Waals surface area contributed by atoms with Gasteiger partial charge in [-0.25, -0.2) is 0 Å². The molecule has 0 atom stereocenters. The van der Waals surface area contributed by atoms with Crippen LogP contribution >= 0.6 is 0 Å². The molecule has 0 aliphatic carbocycles. The number of hydrogen-bond donors (Lipinski definition) is 1. The zero-order valence-electron chi connectivity index (χ0n) is 18.3. The van der Waals surface area contributed by atoms with E-state index in [0.717, 1.165) is 52.9 Å². The van der Waals surface area contributed by atoms with Crippen molar-refractivity contribution in [2.75, 3.05) is 50.1 Å². The van der Waals surface area contributed by atoms with Gasteiger partial charge < -0.3 is 0 Å². The van der Waals surface area contributed by atoms with E-state index >= 15 is 0 Å². The first-order valence-corrected chi connectivity index (χ1v) is 11.2. The molecule has 2 aromatic carbocycles. The first kappa shape index (κ1) is 22.7. The summed E-state index contributed by atoms with van der Waals surface area (Å²) in [7, 11) is 1.58. The molecular formula is C25H23N5O2V. The standard InChI is InChI=1S/C25H23N5O2.V/c1-3-13-32-24-14-21-22(15-23(24)31-2)27-17-19(16-26)25(21)30-11-9-29(10-12-30)18-28-20-7-5-4-6-8-20;/h1,4-8,14-15,17,28H,9-13H2,2H3;. The summed E-state index contributed by atoms with van der Waals surface area (Å²) >= 11 is 2.62. The van der Waals surface area contributed by atoms with Crippen LogP contribution in [0.25, 0.3) is 10.9 Å². The van der Waals surface area contributed by atoms with Crippen LogP contribution in [0, 0.1) is 23.7 Å². The topological polar surface area (TPSA) is 73.7 Å². The van der Waals surface area contributed by atoms with Crippen LogP contribution in [0.4, 0.5) is 11.4 Å². The number of anilines is 2. The Morgan fingerprint density at radius 3 is 2.61 bits per heavy atom. The van der Waals surface area contributed by atoms with E-state index in [2.05, 4.69) is 49.1 Å². The molecule has 165 valence electrons. The van der Waals surface area contributed by atoms with Crippen molar-refractivity contribution in [1.82, 2.24) is 9.88 Å². The molecule has 0 radical (unpaired) electrons. The number of rotatable bonds is 7. The molecule has 1 aromatic heterocycles. The molecule has 4 rings (SSSR count). The second-order valence-corrected chi connectivity index (χ2v) is 8.10. The Bertz CT molecular complexity index is 1240.